The normalized spacial score (nSPS) is 22.9. The highest BCUT2D eigenvalue weighted by atomic mass is 32.2. The van der Waals surface area contributed by atoms with Crippen molar-refractivity contribution in [3.8, 4) is 5.75 Å². The van der Waals surface area contributed by atoms with Crippen LogP contribution < -0.4 is 15.4 Å². The summed E-state index contributed by atoms with van der Waals surface area (Å²) in [5, 5.41) is 0. The average Bonchev–Trinajstić information content (AvgIpc) is 2.74. The summed E-state index contributed by atoms with van der Waals surface area (Å²) in [6.07, 6.45) is 4.15. The molecule has 0 saturated carbocycles. The molecule has 0 aliphatic carbocycles. The van der Waals surface area contributed by atoms with E-state index in [2.05, 4.69) is 9.80 Å². The fourth-order valence-corrected chi connectivity index (χ4v) is 6.70. The van der Waals surface area contributed by atoms with Crippen molar-refractivity contribution in [2.24, 2.45) is 5.73 Å². The number of likely N-dealkylation sites (N-methyl/N-ethyl adjacent to an activating group) is 1. The average molecular weight is 437 g/mol. The van der Waals surface area contributed by atoms with E-state index >= 15 is 0 Å². The Balaban J connectivity index is 1.57. The number of nitrogens with zero attached hydrogens (tertiary/aromatic N) is 3. The number of piperidine rings is 2. The zero-order chi connectivity index (χ0) is 21.5. The predicted molar refractivity (Wildman–Crippen MR) is 115 cm³/mol. The van der Waals surface area contributed by atoms with Gasteiger partial charge in [-0.15, -0.1) is 0 Å². The number of ether oxygens (including phenoxy) is 1. The Morgan fingerprint density at radius 2 is 1.73 bits per heavy atom. The van der Waals surface area contributed by atoms with Crippen LogP contribution in [-0.4, -0.2) is 75.4 Å². The second kappa shape index (κ2) is 8.01. The first kappa shape index (κ1) is 21.4. The van der Waals surface area contributed by atoms with Gasteiger partial charge in [0.05, 0.1) is 17.1 Å². The molecule has 1 amide bonds. The van der Waals surface area contributed by atoms with Crippen LogP contribution in [0.1, 0.15) is 37.7 Å². The van der Waals surface area contributed by atoms with Gasteiger partial charge in [0.2, 0.25) is 15.9 Å². The second-order valence-electron chi connectivity index (χ2n) is 8.70. The number of hydrogen-bond donors (Lipinski definition) is 1. The number of nitrogens with two attached hydrogens (primary N) is 1. The second-order valence-corrected chi connectivity index (χ2v) is 10.6. The van der Waals surface area contributed by atoms with E-state index in [9.17, 15) is 13.2 Å². The molecule has 3 aliphatic rings. The third-order valence-corrected chi connectivity index (χ3v) is 8.98. The largest absolute Gasteiger partial charge is 0.490 e. The highest BCUT2D eigenvalue weighted by molar-refractivity contribution is 7.89. The maximum atomic E-state index is 13.5. The van der Waals surface area contributed by atoms with Crippen LogP contribution in [0.5, 0.6) is 5.75 Å². The van der Waals surface area contributed by atoms with Crippen LogP contribution in [-0.2, 0) is 14.8 Å². The van der Waals surface area contributed by atoms with E-state index in [1.54, 1.807) is 6.07 Å². The van der Waals surface area contributed by atoms with Crippen molar-refractivity contribution >= 4 is 21.6 Å². The zero-order valence-electron chi connectivity index (χ0n) is 17.9. The molecule has 3 heterocycles. The number of sulfonamides is 1. The van der Waals surface area contributed by atoms with Crippen molar-refractivity contribution in [1.82, 2.24) is 9.21 Å². The Labute approximate surface area is 179 Å². The van der Waals surface area contributed by atoms with Crippen molar-refractivity contribution in [2.45, 2.75) is 49.5 Å². The van der Waals surface area contributed by atoms with Crippen LogP contribution in [0.15, 0.2) is 17.0 Å². The Morgan fingerprint density at radius 1 is 1.07 bits per heavy atom. The fourth-order valence-electron chi connectivity index (χ4n) is 5.03. The molecule has 2 N–H and O–H groups in total. The summed E-state index contributed by atoms with van der Waals surface area (Å²) in [4.78, 5) is 17.0. The number of hydrogen-bond acceptors (Lipinski definition) is 6. The van der Waals surface area contributed by atoms with Gasteiger partial charge in [-0.25, -0.2) is 8.42 Å². The number of anilines is 1. The summed E-state index contributed by atoms with van der Waals surface area (Å²) >= 11 is 0. The summed E-state index contributed by atoms with van der Waals surface area (Å²) in [5.74, 6) is 0.271. The van der Waals surface area contributed by atoms with Gasteiger partial charge in [-0.05, 0) is 57.3 Å². The lowest BCUT2D eigenvalue weighted by molar-refractivity contribution is -0.134. The van der Waals surface area contributed by atoms with E-state index in [4.69, 9.17) is 10.5 Å². The molecule has 2 fully saturated rings. The molecule has 166 valence electrons. The monoisotopic (exact) mass is 436 g/mol. The number of aryl methyl sites for hydroxylation is 1. The molecule has 1 aromatic carbocycles. The number of carbonyl (C=O) groups is 1. The molecular weight excluding hydrogens is 404 g/mol. The number of fused-ring (bicyclic) bond motifs is 1. The Hall–Kier alpha value is -1.84. The molecule has 3 aliphatic heterocycles. The van der Waals surface area contributed by atoms with Crippen LogP contribution in [0.25, 0.3) is 0 Å². The zero-order valence-corrected chi connectivity index (χ0v) is 18.7. The standard InChI is InChI=1S/C21H32N4O4S/c1-16-14-17-18(29-13-12-23(17)2)15-19(16)30(27,28)25-10-6-21(7-11-25,20(22)26)24-8-4-3-5-9-24/h14-15H,3-13H2,1-2H3,(H2,22,26). The number of carbonyl (C=O) groups excluding carboxylic acids is 1. The van der Waals surface area contributed by atoms with Crippen LogP contribution >= 0.6 is 0 Å². The number of likely N-dealkylation sites (tertiary alicyclic amines) is 1. The molecule has 0 bridgehead atoms. The molecule has 9 heteroatoms. The van der Waals surface area contributed by atoms with Crippen LogP contribution in [0.4, 0.5) is 5.69 Å². The van der Waals surface area contributed by atoms with Crippen molar-refractivity contribution in [2.75, 3.05) is 51.3 Å². The molecule has 30 heavy (non-hydrogen) atoms. The lowest BCUT2D eigenvalue weighted by Crippen LogP contribution is -2.63. The van der Waals surface area contributed by atoms with Gasteiger partial charge in [0.1, 0.15) is 17.9 Å². The van der Waals surface area contributed by atoms with Crippen LogP contribution in [0.3, 0.4) is 0 Å². The van der Waals surface area contributed by atoms with E-state index in [0.29, 0.717) is 43.9 Å². The Bertz CT molecular complexity index is 919. The fraction of sp³-hybridized carbons (Fsp3) is 0.667. The van der Waals surface area contributed by atoms with Gasteiger partial charge in [-0.1, -0.05) is 6.42 Å². The highest BCUT2D eigenvalue weighted by Crippen LogP contribution is 2.38. The van der Waals surface area contributed by atoms with E-state index in [0.717, 1.165) is 38.2 Å². The maximum absolute atomic E-state index is 13.5. The van der Waals surface area contributed by atoms with Crippen LogP contribution in [0, 0.1) is 6.92 Å². The molecule has 8 nitrogen and oxygen atoms in total. The molecule has 0 aromatic heterocycles. The first-order valence-corrected chi connectivity index (χ1v) is 12.2. The highest BCUT2D eigenvalue weighted by Gasteiger charge is 2.47. The van der Waals surface area contributed by atoms with E-state index in [1.807, 2.05) is 20.0 Å². The maximum Gasteiger partial charge on any atom is 0.243 e. The van der Waals surface area contributed by atoms with Gasteiger partial charge in [0.15, 0.2) is 0 Å². The summed E-state index contributed by atoms with van der Waals surface area (Å²) in [6.45, 7) is 5.41. The minimum Gasteiger partial charge on any atom is -0.490 e. The third-order valence-electron chi connectivity index (χ3n) is 6.94. The molecule has 0 spiro atoms. The van der Waals surface area contributed by atoms with Crippen LogP contribution in [0.2, 0.25) is 0 Å². The molecule has 0 unspecified atom stereocenters. The minimum absolute atomic E-state index is 0.279. The SMILES string of the molecule is Cc1cc2c(cc1S(=O)(=O)N1CCC(C(N)=O)(N3CCCCC3)CC1)OCCN2C. The van der Waals surface area contributed by atoms with E-state index in [-0.39, 0.29) is 10.8 Å². The smallest absolute Gasteiger partial charge is 0.243 e. The number of primary amides is 1. The minimum atomic E-state index is -3.69. The van der Waals surface area contributed by atoms with Crippen molar-refractivity contribution in [1.29, 1.82) is 0 Å². The summed E-state index contributed by atoms with van der Waals surface area (Å²) < 4.78 is 34.1. The lowest BCUT2D eigenvalue weighted by atomic mass is 9.84. The van der Waals surface area contributed by atoms with Gasteiger partial charge < -0.3 is 15.4 Å². The Kier molecular flexibility index (Phi) is 5.71. The molecule has 2 saturated heterocycles. The Morgan fingerprint density at radius 3 is 2.37 bits per heavy atom. The van der Waals surface area contributed by atoms with E-state index < -0.39 is 15.6 Å². The molecule has 4 rings (SSSR count). The van der Waals surface area contributed by atoms with Gasteiger partial charge in [0.25, 0.3) is 0 Å². The van der Waals surface area contributed by atoms with Crippen molar-refractivity contribution < 1.29 is 17.9 Å². The first-order chi connectivity index (χ1) is 14.3. The van der Waals surface area contributed by atoms with E-state index in [1.165, 1.54) is 10.7 Å². The topological polar surface area (TPSA) is 96.2 Å². The first-order valence-electron chi connectivity index (χ1n) is 10.8. The van der Waals surface area contributed by atoms with Gasteiger partial charge >= 0.3 is 0 Å². The quantitative estimate of drug-likeness (QED) is 0.765. The van der Waals surface area contributed by atoms with Crippen molar-refractivity contribution in [3.63, 3.8) is 0 Å². The predicted octanol–water partition coefficient (Wildman–Crippen LogP) is 1.32. The summed E-state index contributed by atoms with van der Waals surface area (Å²) in [5.41, 5.74) is 6.72. The number of benzene rings is 1. The number of amides is 1. The van der Waals surface area contributed by atoms with Crippen molar-refractivity contribution in [3.05, 3.63) is 17.7 Å². The summed E-state index contributed by atoms with van der Waals surface area (Å²) in [6, 6.07) is 3.53. The van der Waals surface area contributed by atoms with Gasteiger partial charge in [-0.3, -0.25) is 9.69 Å². The van der Waals surface area contributed by atoms with Gasteiger partial charge in [0, 0.05) is 26.2 Å². The lowest BCUT2D eigenvalue weighted by Gasteiger charge is -2.47. The molecular formula is C21H32N4O4S. The molecule has 0 radical (unpaired) electrons. The molecule has 0 atom stereocenters. The van der Waals surface area contributed by atoms with Gasteiger partial charge in [-0.2, -0.15) is 4.31 Å². The number of rotatable bonds is 4. The summed E-state index contributed by atoms with van der Waals surface area (Å²) in [7, 11) is -1.71. The third kappa shape index (κ3) is 3.56. The molecule has 1 aromatic rings.